The highest BCUT2D eigenvalue weighted by Crippen LogP contribution is 2.42. The predicted molar refractivity (Wildman–Crippen MR) is 266 cm³/mol. The average molecular weight is 822 g/mol. The molecule has 5 nitrogen and oxygen atoms in total. The third-order valence-electron chi connectivity index (χ3n) is 12.1. The summed E-state index contributed by atoms with van der Waals surface area (Å²) in [7, 11) is 0. The van der Waals surface area contributed by atoms with Crippen molar-refractivity contribution in [2.24, 2.45) is 0 Å². The Kier molecular flexibility index (Phi) is 9.90. The minimum absolute atomic E-state index is 0.645. The highest BCUT2D eigenvalue weighted by molar-refractivity contribution is 6.10. The molecule has 0 aliphatic rings. The lowest BCUT2D eigenvalue weighted by molar-refractivity contribution is 1.07. The molecule has 0 unspecified atom stereocenters. The van der Waals surface area contributed by atoms with Gasteiger partial charge in [0.05, 0.1) is 11.0 Å². The van der Waals surface area contributed by atoms with Gasteiger partial charge in [-0.3, -0.25) is 0 Å². The molecular formula is C59H43N5. The number of hydrogen-bond donors (Lipinski definition) is 0. The first kappa shape index (κ1) is 38.5. The van der Waals surface area contributed by atoms with Gasteiger partial charge in [0.2, 0.25) is 0 Å². The van der Waals surface area contributed by atoms with Crippen LogP contribution in [0.5, 0.6) is 0 Å². The van der Waals surface area contributed by atoms with Gasteiger partial charge in [0.1, 0.15) is 0 Å². The molecule has 0 aliphatic carbocycles. The Morgan fingerprint density at radius 2 is 0.797 bits per heavy atom. The van der Waals surface area contributed by atoms with E-state index >= 15 is 0 Å². The zero-order valence-corrected chi connectivity index (χ0v) is 35.6. The first-order chi connectivity index (χ1) is 31.6. The zero-order chi connectivity index (χ0) is 43.0. The van der Waals surface area contributed by atoms with Crippen LogP contribution in [0.15, 0.2) is 224 Å². The third kappa shape index (κ3) is 7.19. The van der Waals surface area contributed by atoms with E-state index in [4.69, 9.17) is 15.0 Å². The van der Waals surface area contributed by atoms with Gasteiger partial charge in [0.15, 0.2) is 17.5 Å². The summed E-state index contributed by atoms with van der Waals surface area (Å²) in [5.41, 5.74) is 16.5. The second kappa shape index (κ2) is 16.5. The summed E-state index contributed by atoms with van der Waals surface area (Å²) in [5, 5.41) is 2.47. The van der Waals surface area contributed by atoms with Gasteiger partial charge in [0, 0.05) is 50.2 Å². The van der Waals surface area contributed by atoms with Crippen LogP contribution in [0.3, 0.4) is 0 Å². The number of benzene rings is 9. The number of para-hydroxylation sites is 2. The molecule has 0 N–H and O–H groups in total. The Morgan fingerprint density at radius 3 is 1.39 bits per heavy atom. The van der Waals surface area contributed by atoms with Crippen LogP contribution in [0.25, 0.3) is 83.9 Å². The average Bonchev–Trinajstić information content (AvgIpc) is 3.70. The lowest BCUT2D eigenvalue weighted by Crippen LogP contribution is -2.12. The van der Waals surface area contributed by atoms with Crippen LogP contribution in [0.4, 0.5) is 17.1 Å². The van der Waals surface area contributed by atoms with Gasteiger partial charge in [-0.25, -0.2) is 15.0 Å². The van der Waals surface area contributed by atoms with Crippen molar-refractivity contribution in [3.63, 3.8) is 0 Å². The molecule has 0 bridgehead atoms. The summed E-state index contributed by atoms with van der Waals surface area (Å²) in [6, 6.07) is 79.3. The van der Waals surface area contributed by atoms with E-state index in [0.29, 0.717) is 17.5 Å². The minimum Gasteiger partial charge on any atom is -0.310 e. The number of anilines is 3. The molecule has 304 valence electrons. The van der Waals surface area contributed by atoms with Crippen molar-refractivity contribution in [2.45, 2.75) is 13.8 Å². The van der Waals surface area contributed by atoms with Crippen LogP contribution in [0.2, 0.25) is 0 Å². The maximum atomic E-state index is 5.08. The third-order valence-corrected chi connectivity index (χ3v) is 12.1. The maximum absolute atomic E-state index is 5.08. The maximum Gasteiger partial charge on any atom is 0.164 e. The molecule has 0 aliphatic heterocycles. The Bertz CT molecular complexity index is 3360. The minimum atomic E-state index is 0.645. The SMILES string of the molecule is Cc1cc(N(c2ccc(-c3ccccc3)cc2)c2ccc(-c3ccc4c(c3)c3ccccc3n4-c3ccccc3)cc2)c(C)cc1-c1nc(-c2ccccc2)nc(-c2ccccc2)n1. The molecular weight excluding hydrogens is 779 g/mol. The van der Waals surface area contributed by atoms with E-state index in [1.807, 2.05) is 60.7 Å². The van der Waals surface area contributed by atoms with Crippen LogP contribution < -0.4 is 4.90 Å². The fraction of sp³-hybridized carbons (Fsp3) is 0.0339. The van der Waals surface area contributed by atoms with Gasteiger partial charge < -0.3 is 9.47 Å². The van der Waals surface area contributed by atoms with E-state index in [0.717, 1.165) is 56.1 Å². The molecule has 0 radical (unpaired) electrons. The second-order valence-electron chi connectivity index (χ2n) is 16.2. The molecule has 0 atom stereocenters. The van der Waals surface area contributed by atoms with Crippen molar-refractivity contribution in [3.8, 4) is 62.1 Å². The first-order valence-electron chi connectivity index (χ1n) is 21.7. The van der Waals surface area contributed by atoms with Crippen LogP contribution in [-0.2, 0) is 0 Å². The number of hydrogen-bond acceptors (Lipinski definition) is 4. The number of aryl methyl sites for hydroxylation is 2. The number of fused-ring (bicyclic) bond motifs is 3. The molecule has 9 aromatic carbocycles. The van der Waals surface area contributed by atoms with E-state index in [9.17, 15) is 0 Å². The first-order valence-corrected chi connectivity index (χ1v) is 21.7. The topological polar surface area (TPSA) is 46.8 Å². The molecule has 0 saturated heterocycles. The molecule has 2 aromatic heterocycles. The van der Waals surface area contributed by atoms with Crippen molar-refractivity contribution < 1.29 is 0 Å². The van der Waals surface area contributed by atoms with E-state index in [2.05, 4.69) is 187 Å². The second-order valence-corrected chi connectivity index (χ2v) is 16.2. The van der Waals surface area contributed by atoms with Crippen molar-refractivity contribution >= 4 is 38.9 Å². The zero-order valence-electron chi connectivity index (χ0n) is 35.6. The van der Waals surface area contributed by atoms with E-state index < -0.39 is 0 Å². The molecule has 0 saturated carbocycles. The molecule has 0 spiro atoms. The van der Waals surface area contributed by atoms with Crippen LogP contribution in [-0.4, -0.2) is 19.5 Å². The lowest BCUT2D eigenvalue weighted by atomic mass is 9.99. The highest BCUT2D eigenvalue weighted by atomic mass is 15.1. The molecule has 11 aromatic rings. The van der Waals surface area contributed by atoms with E-state index in [-0.39, 0.29) is 0 Å². The Morgan fingerprint density at radius 1 is 0.344 bits per heavy atom. The number of nitrogens with zero attached hydrogens (tertiary/aromatic N) is 5. The van der Waals surface area contributed by atoms with Crippen molar-refractivity contribution in [1.82, 2.24) is 19.5 Å². The van der Waals surface area contributed by atoms with Gasteiger partial charge in [-0.05, 0) is 114 Å². The van der Waals surface area contributed by atoms with Crippen LogP contribution >= 0.6 is 0 Å². The molecule has 5 heteroatoms. The number of rotatable bonds is 9. The molecule has 0 fully saturated rings. The Labute approximate surface area is 373 Å². The van der Waals surface area contributed by atoms with E-state index in [1.54, 1.807) is 0 Å². The van der Waals surface area contributed by atoms with Crippen LogP contribution in [0.1, 0.15) is 11.1 Å². The summed E-state index contributed by atoms with van der Waals surface area (Å²) >= 11 is 0. The summed E-state index contributed by atoms with van der Waals surface area (Å²) in [5.74, 6) is 1.94. The fourth-order valence-electron chi connectivity index (χ4n) is 8.88. The number of aromatic nitrogens is 4. The van der Waals surface area contributed by atoms with Gasteiger partial charge in [-0.2, -0.15) is 0 Å². The molecule has 11 rings (SSSR count). The Balaban J connectivity index is 1.01. The summed E-state index contributed by atoms with van der Waals surface area (Å²) in [4.78, 5) is 17.5. The van der Waals surface area contributed by atoms with Gasteiger partial charge >= 0.3 is 0 Å². The smallest absolute Gasteiger partial charge is 0.164 e. The summed E-state index contributed by atoms with van der Waals surface area (Å²) < 4.78 is 2.36. The fourth-order valence-corrected chi connectivity index (χ4v) is 8.88. The van der Waals surface area contributed by atoms with Crippen molar-refractivity contribution in [3.05, 3.63) is 236 Å². The molecule has 2 heterocycles. The standard InChI is InChI=1S/C59H43N5/c1-40-38-56(41(2)37-52(40)59-61-57(45-19-9-4-10-20-45)60-58(62-59)46-21-11-5-12-22-46)63(49-32-27-43(28-33-49)42-17-7-3-8-18-42)50-34-29-44(30-35-50)47-31-36-55-53(39-47)51-25-15-16-26-54(51)64(55)48-23-13-6-14-24-48/h3-39H,1-2H3. The van der Waals surface area contributed by atoms with Gasteiger partial charge in [-0.1, -0.05) is 158 Å². The quantitative estimate of drug-likeness (QED) is 0.145. The molecule has 0 amide bonds. The summed E-state index contributed by atoms with van der Waals surface area (Å²) in [6.07, 6.45) is 0. The van der Waals surface area contributed by atoms with Crippen LogP contribution in [0, 0.1) is 13.8 Å². The molecule has 64 heavy (non-hydrogen) atoms. The van der Waals surface area contributed by atoms with Crippen molar-refractivity contribution in [2.75, 3.05) is 4.90 Å². The normalized spacial score (nSPS) is 11.3. The monoisotopic (exact) mass is 821 g/mol. The highest BCUT2D eigenvalue weighted by Gasteiger charge is 2.21. The lowest BCUT2D eigenvalue weighted by Gasteiger charge is -2.28. The summed E-state index contributed by atoms with van der Waals surface area (Å²) in [6.45, 7) is 4.33. The predicted octanol–water partition coefficient (Wildman–Crippen LogP) is 15.4. The van der Waals surface area contributed by atoms with Gasteiger partial charge in [-0.15, -0.1) is 0 Å². The van der Waals surface area contributed by atoms with E-state index in [1.165, 1.54) is 38.5 Å². The largest absolute Gasteiger partial charge is 0.310 e. The Hall–Kier alpha value is -8.41. The van der Waals surface area contributed by atoms with Crippen molar-refractivity contribution in [1.29, 1.82) is 0 Å². The van der Waals surface area contributed by atoms with Gasteiger partial charge in [0.25, 0.3) is 0 Å².